The summed E-state index contributed by atoms with van der Waals surface area (Å²) in [4.78, 5) is 2.50. The lowest BCUT2D eigenvalue weighted by Crippen LogP contribution is -2.28. The highest BCUT2D eigenvalue weighted by Crippen LogP contribution is 2.58. The number of benzene rings is 10. The molecule has 0 atom stereocenters. The number of rotatable bonds is 6. The molecule has 0 spiro atoms. The van der Waals surface area contributed by atoms with E-state index in [4.69, 9.17) is 0 Å². The van der Waals surface area contributed by atoms with Crippen LogP contribution in [0.4, 0.5) is 17.1 Å². The molecule has 11 aromatic rings. The molecule has 61 heavy (non-hydrogen) atoms. The van der Waals surface area contributed by atoms with Crippen LogP contribution < -0.4 is 4.90 Å². The van der Waals surface area contributed by atoms with Gasteiger partial charge in [0, 0.05) is 38.6 Å². The van der Waals surface area contributed by atoms with Gasteiger partial charge in [0.2, 0.25) is 0 Å². The van der Waals surface area contributed by atoms with Gasteiger partial charge in [-0.2, -0.15) is 0 Å². The zero-order valence-electron chi connectivity index (χ0n) is 33.3. The van der Waals surface area contributed by atoms with Gasteiger partial charge in [0.05, 0.1) is 22.1 Å². The molecule has 1 heterocycles. The first kappa shape index (κ1) is 34.0. The molecule has 0 aliphatic heterocycles. The average Bonchev–Trinajstić information content (AvgIpc) is 3.79. The fourth-order valence-electron chi connectivity index (χ4n) is 11.0. The van der Waals surface area contributed by atoms with E-state index in [1.165, 1.54) is 88.2 Å². The van der Waals surface area contributed by atoms with Crippen LogP contribution >= 0.6 is 0 Å². The van der Waals surface area contributed by atoms with Crippen molar-refractivity contribution in [2.45, 2.75) is 5.41 Å². The number of nitrogens with zero attached hydrogens (tertiary/aromatic N) is 2. The van der Waals surface area contributed by atoms with E-state index in [9.17, 15) is 0 Å². The minimum Gasteiger partial charge on any atom is -0.310 e. The molecule has 284 valence electrons. The van der Waals surface area contributed by atoms with Crippen LogP contribution in [-0.4, -0.2) is 4.57 Å². The first-order valence-electron chi connectivity index (χ1n) is 21.2. The van der Waals surface area contributed by atoms with Crippen molar-refractivity contribution < 1.29 is 0 Å². The van der Waals surface area contributed by atoms with E-state index >= 15 is 0 Å². The second-order valence-electron chi connectivity index (χ2n) is 16.4. The largest absolute Gasteiger partial charge is 0.310 e. The summed E-state index contributed by atoms with van der Waals surface area (Å²) in [7, 11) is 0. The van der Waals surface area contributed by atoms with Crippen LogP contribution in [0.3, 0.4) is 0 Å². The highest BCUT2D eigenvalue weighted by atomic mass is 15.1. The number of anilines is 3. The van der Waals surface area contributed by atoms with Crippen molar-refractivity contribution in [3.05, 3.63) is 253 Å². The average molecular weight is 775 g/mol. The van der Waals surface area contributed by atoms with E-state index in [0.29, 0.717) is 0 Å². The number of para-hydroxylation sites is 2. The lowest BCUT2D eigenvalue weighted by atomic mass is 9.68. The van der Waals surface area contributed by atoms with Gasteiger partial charge in [-0.3, -0.25) is 0 Å². The second-order valence-corrected chi connectivity index (χ2v) is 16.4. The van der Waals surface area contributed by atoms with Gasteiger partial charge in [-0.1, -0.05) is 182 Å². The minimum absolute atomic E-state index is 0.470. The van der Waals surface area contributed by atoms with Crippen LogP contribution in [0.1, 0.15) is 22.3 Å². The van der Waals surface area contributed by atoms with Crippen molar-refractivity contribution in [1.29, 1.82) is 0 Å². The Morgan fingerprint density at radius 2 is 0.869 bits per heavy atom. The Labute approximate surface area is 354 Å². The topological polar surface area (TPSA) is 8.17 Å². The van der Waals surface area contributed by atoms with Crippen LogP contribution in [0, 0.1) is 0 Å². The molecule has 0 radical (unpaired) electrons. The van der Waals surface area contributed by atoms with E-state index in [1.54, 1.807) is 0 Å². The van der Waals surface area contributed by atoms with Gasteiger partial charge in [0.25, 0.3) is 0 Å². The number of aromatic nitrogens is 1. The summed E-state index contributed by atoms with van der Waals surface area (Å²) in [5.74, 6) is 0. The summed E-state index contributed by atoms with van der Waals surface area (Å²) in [5, 5.41) is 5.10. The molecule has 0 fully saturated rings. The molecule has 0 bridgehead atoms. The third-order valence-electron chi connectivity index (χ3n) is 13.4. The number of hydrogen-bond donors (Lipinski definition) is 0. The van der Waals surface area contributed by atoms with E-state index < -0.39 is 5.41 Å². The molecule has 0 saturated heterocycles. The Hall–Kier alpha value is -7.94. The van der Waals surface area contributed by atoms with Crippen LogP contribution in [0.5, 0.6) is 0 Å². The van der Waals surface area contributed by atoms with Gasteiger partial charge in [0.1, 0.15) is 0 Å². The Morgan fingerprint density at radius 3 is 1.56 bits per heavy atom. The third kappa shape index (κ3) is 4.67. The molecule has 0 saturated carbocycles. The van der Waals surface area contributed by atoms with Gasteiger partial charge < -0.3 is 9.47 Å². The maximum atomic E-state index is 2.50. The zero-order valence-corrected chi connectivity index (χ0v) is 33.3. The predicted molar refractivity (Wildman–Crippen MR) is 255 cm³/mol. The Morgan fingerprint density at radius 1 is 0.328 bits per heavy atom. The molecule has 2 heteroatoms. The molecule has 0 amide bonds. The number of hydrogen-bond acceptors (Lipinski definition) is 1. The van der Waals surface area contributed by atoms with E-state index in [2.05, 4.69) is 240 Å². The van der Waals surface area contributed by atoms with Crippen molar-refractivity contribution in [2.75, 3.05) is 4.90 Å². The van der Waals surface area contributed by atoms with E-state index in [1.807, 2.05) is 0 Å². The van der Waals surface area contributed by atoms with Crippen LogP contribution in [0.15, 0.2) is 231 Å². The van der Waals surface area contributed by atoms with Crippen LogP contribution in [0.25, 0.3) is 71.6 Å². The molecular formula is C59H38N2. The van der Waals surface area contributed by atoms with Crippen molar-refractivity contribution in [1.82, 2.24) is 4.57 Å². The van der Waals surface area contributed by atoms with Gasteiger partial charge in [-0.15, -0.1) is 0 Å². The summed E-state index contributed by atoms with van der Waals surface area (Å²) >= 11 is 0. The summed E-state index contributed by atoms with van der Waals surface area (Å²) in [6.45, 7) is 0. The zero-order chi connectivity index (χ0) is 40.1. The monoisotopic (exact) mass is 774 g/mol. The summed E-state index contributed by atoms with van der Waals surface area (Å²) in [5.41, 5.74) is 19.2. The first-order valence-corrected chi connectivity index (χ1v) is 21.2. The summed E-state index contributed by atoms with van der Waals surface area (Å²) in [6.07, 6.45) is 0. The molecule has 2 aliphatic carbocycles. The highest BCUT2D eigenvalue weighted by Gasteiger charge is 2.46. The van der Waals surface area contributed by atoms with Crippen molar-refractivity contribution in [3.63, 3.8) is 0 Å². The van der Waals surface area contributed by atoms with Crippen LogP contribution in [-0.2, 0) is 5.41 Å². The first-order chi connectivity index (χ1) is 30.3. The maximum absolute atomic E-state index is 2.50. The predicted octanol–water partition coefficient (Wildman–Crippen LogP) is 15.4. The lowest BCUT2D eigenvalue weighted by Gasteiger charge is -2.34. The molecule has 1 aromatic heterocycles. The molecule has 10 aromatic carbocycles. The van der Waals surface area contributed by atoms with Crippen molar-refractivity contribution in [2.24, 2.45) is 0 Å². The maximum Gasteiger partial charge on any atom is 0.0713 e. The second kappa shape index (κ2) is 13.0. The molecule has 13 rings (SSSR count). The highest BCUT2D eigenvalue weighted by molar-refractivity contribution is 6.32. The molecule has 2 aliphatic rings. The SMILES string of the molecule is c1ccc(N(c2ccc3c(c2)-c2ccccc2C3(c2ccccc2)c2ccccc2)c2cc3c4c5c(cccc25)-c2ccccc2-c2cccc(c24)n3-c2ccccc2)cc1. The van der Waals surface area contributed by atoms with Gasteiger partial charge in [0.15, 0.2) is 0 Å². The molecular weight excluding hydrogens is 737 g/mol. The Balaban J connectivity index is 1.15. The fraction of sp³-hybridized carbons (Fsp3) is 0.0169. The van der Waals surface area contributed by atoms with E-state index in [-0.39, 0.29) is 0 Å². The number of fused-ring (bicyclic) bond motifs is 6. The molecule has 0 N–H and O–H groups in total. The van der Waals surface area contributed by atoms with Gasteiger partial charge in [-0.25, -0.2) is 0 Å². The summed E-state index contributed by atoms with van der Waals surface area (Å²) in [6, 6.07) is 85.3. The third-order valence-corrected chi connectivity index (χ3v) is 13.4. The Bertz CT molecular complexity index is 3470. The fourth-order valence-corrected chi connectivity index (χ4v) is 11.0. The Kier molecular flexibility index (Phi) is 7.26. The molecule has 0 unspecified atom stereocenters. The van der Waals surface area contributed by atoms with Crippen LogP contribution in [0.2, 0.25) is 0 Å². The normalized spacial score (nSPS) is 13.0. The lowest BCUT2D eigenvalue weighted by molar-refractivity contribution is 0.768. The standard InChI is InChI=1S/C59H38N2/c1-5-19-39(20-6-1)59(40-21-7-2-8-22-40)51-33-16-15-29-46(51)50-37-43(35-36-52(50)59)60(41-23-9-3-10-24-41)54-38-55-58-56-47(30-17-32-49(54)56)44-27-13-14-28-45(44)48-31-18-34-53(57(48)58)61(55)42-25-11-4-12-26-42/h1-38H. The van der Waals surface area contributed by atoms with E-state index in [0.717, 1.165) is 22.7 Å². The van der Waals surface area contributed by atoms with Crippen molar-refractivity contribution in [3.8, 4) is 39.1 Å². The summed E-state index contributed by atoms with van der Waals surface area (Å²) < 4.78 is 2.48. The minimum atomic E-state index is -0.470. The van der Waals surface area contributed by atoms with Gasteiger partial charge >= 0.3 is 0 Å². The smallest absolute Gasteiger partial charge is 0.0713 e. The quantitative estimate of drug-likeness (QED) is 0.163. The van der Waals surface area contributed by atoms with Crippen molar-refractivity contribution >= 4 is 49.6 Å². The van der Waals surface area contributed by atoms with Gasteiger partial charge in [-0.05, 0) is 104 Å². The molecule has 2 nitrogen and oxygen atoms in total.